The van der Waals surface area contributed by atoms with Crippen molar-refractivity contribution in [2.45, 2.75) is 65.2 Å². The monoisotopic (exact) mass is 918 g/mol. The highest BCUT2D eigenvalue weighted by molar-refractivity contribution is 5.90. The van der Waals surface area contributed by atoms with Gasteiger partial charge in [-0.2, -0.15) is 0 Å². The van der Waals surface area contributed by atoms with Gasteiger partial charge < -0.3 is 19.3 Å². The molecule has 0 heterocycles. The van der Waals surface area contributed by atoms with Gasteiger partial charge in [0.15, 0.2) is 0 Å². The van der Waals surface area contributed by atoms with Crippen LogP contribution in [0.4, 0.5) is 34.1 Å². The molecule has 1 saturated carbocycles. The Morgan fingerprint density at radius 1 is 0.386 bits per heavy atom. The van der Waals surface area contributed by atoms with Crippen LogP contribution < -0.4 is 19.3 Å². The summed E-state index contributed by atoms with van der Waals surface area (Å²) in [6.07, 6.45) is 5.61. The highest BCUT2D eigenvalue weighted by Crippen LogP contribution is 2.47. The largest absolute Gasteiger partial charge is 0.423 e. The summed E-state index contributed by atoms with van der Waals surface area (Å²) >= 11 is 0. The van der Waals surface area contributed by atoms with Crippen molar-refractivity contribution in [3.8, 4) is 33.8 Å². The third kappa shape index (κ3) is 10.3. The van der Waals surface area contributed by atoms with Crippen molar-refractivity contribution in [1.82, 2.24) is 0 Å². The second kappa shape index (κ2) is 20.6. The van der Waals surface area contributed by atoms with E-state index < -0.39 is 11.9 Å². The van der Waals surface area contributed by atoms with Gasteiger partial charge in [-0.1, -0.05) is 141 Å². The lowest BCUT2D eigenvalue weighted by Gasteiger charge is -2.39. The second-order valence-corrected chi connectivity index (χ2v) is 18.6. The topological polar surface area (TPSA) is 59.1 Å². The summed E-state index contributed by atoms with van der Waals surface area (Å²) < 4.78 is 11.1. The molecule has 0 saturated heterocycles. The van der Waals surface area contributed by atoms with Crippen LogP contribution >= 0.6 is 0 Å². The molecule has 6 nitrogen and oxygen atoms in total. The van der Waals surface area contributed by atoms with E-state index >= 15 is 0 Å². The molecule has 70 heavy (non-hydrogen) atoms. The summed E-state index contributed by atoms with van der Waals surface area (Å²) in [6, 6.07) is 68.0. The average Bonchev–Trinajstić information content (AvgIpc) is 3.39. The fourth-order valence-corrected chi connectivity index (χ4v) is 9.47. The molecule has 6 heteroatoms. The van der Waals surface area contributed by atoms with E-state index in [0.29, 0.717) is 22.6 Å². The Balaban J connectivity index is 1.05. The van der Waals surface area contributed by atoms with E-state index in [4.69, 9.17) is 9.47 Å². The molecule has 0 bridgehead atoms. The lowest BCUT2D eigenvalue weighted by molar-refractivity contribution is -0.130. The van der Waals surface area contributed by atoms with E-state index in [1.807, 2.05) is 48.5 Å². The van der Waals surface area contributed by atoms with Gasteiger partial charge >= 0.3 is 11.9 Å². The predicted octanol–water partition coefficient (Wildman–Crippen LogP) is 16.8. The molecule has 1 fully saturated rings. The molecule has 0 atom stereocenters. The maximum absolute atomic E-state index is 12.4. The van der Waals surface area contributed by atoms with Crippen LogP contribution in [0.15, 0.2) is 218 Å². The number of hydrogen-bond donors (Lipinski definition) is 0. The lowest BCUT2D eigenvalue weighted by Crippen LogP contribution is -2.30. The molecule has 0 amide bonds. The van der Waals surface area contributed by atoms with Gasteiger partial charge in [-0.3, -0.25) is 0 Å². The number of rotatable bonds is 14. The average molecular weight is 919 g/mol. The summed E-state index contributed by atoms with van der Waals surface area (Å²) in [5.41, 5.74) is 16.1. The van der Waals surface area contributed by atoms with E-state index in [0.717, 1.165) is 70.9 Å². The third-order valence-electron chi connectivity index (χ3n) is 13.4. The number of nitrogens with zero attached hydrogens (tertiary/aromatic N) is 2. The zero-order valence-electron chi connectivity index (χ0n) is 40.5. The molecule has 8 aromatic rings. The van der Waals surface area contributed by atoms with E-state index in [2.05, 4.69) is 182 Å². The lowest BCUT2D eigenvalue weighted by atomic mass is 9.65. The summed E-state index contributed by atoms with van der Waals surface area (Å²) in [6.45, 7) is 15.0. The summed E-state index contributed by atoms with van der Waals surface area (Å²) in [7, 11) is 0. The smallest absolute Gasteiger partial charge is 0.338 e. The minimum absolute atomic E-state index is 0.167. The van der Waals surface area contributed by atoms with Crippen LogP contribution in [0.25, 0.3) is 22.3 Å². The summed E-state index contributed by atoms with van der Waals surface area (Å²) in [5.74, 6) is 0.0279. The van der Waals surface area contributed by atoms with Crippen LogP contribution in [-0.2, 0) is 15.0 Å². The Labute approximate surface area is 412 Å². The molecular formula is C64H58N2O4. The number of aryl methyl sites for hydroxylation is 2. The fraction of sp³-hybridized carbons (Fsp3) is 0.156. The Morgan fingerprint density at radius 2 is 0.643 bits per heavy atom. The first-order valence-electron chi connectivity index (χ1n) is 24.1. The minimum atomic E-state index is -0.450. The zero-order chi connectivity index (χ0) is 48.8. The van der Waals surface area contributed by atoms with Crippen LogP contribution in [0.2, 0.25) is 0 Å². The van der Waals surface area contributed by atoms with Crippen LogP contribution in [0.3, 0.4) is 0 Å². The first-order valence-corrected chi connectivity index (χ1v) is 24.1. The van der Waals surface area contributed by atoms with Crippen molar-refractivity contribution in [2.75, 3.05) is 9.80 Å². The van der Waals surface area contributed by atoms with E-state index in [1.54, 1.807) is 13.8 Å². The van der Waals surface area contributed by atoms with Gasteiger partial charge in [0.2, 0.25) is 0 Å². The van der Waals surface area contributed by atoms with Crippen LogP contribution in [0.1, 0.15) is 68.2 Å². The number of anilines is 6. The molecule has 348 valence electrons. The van der Waals surface area contributed by atoms with E-state index in [9.17, 15) is 9.59 Å². The molecule has 0 N–H and O–H groups in total. The van der Waals surface area contributed by atoms with Crippen LogP contribution in [0, 0.1) is 13.8 Å². The highest BCUT2D eigenvalue weighted by atomic mass is 16.5. The van der Waals surface area contributed by atoms with Crippen molar-refractivity contribution >= 4 is 46.1 Å². The molecular weight excluding hydrogens is 861 g/mol. The van der Waals surface area contributed by atoms with E-state index in [1.165, 1.54) is 39.8 Å². The molecule has 0 spiro atoms. The molecule has 9 rings (SSSR count). The number of hydrogen-bond acceptors (Lipinski definition) is 6. The van der Waals surface area contributed by atoms with Crippen molar-refractivity contribution < 1.29 is 19.1 Å². The number of carbonyl (C=O) groups excluding carboxylic acids is 2. The second-order valence-electron chi connectivity index (χ2n) is 18.6. The summed E-state index contributed by atoms with van der Waals surface area (Å²) in [4.78, 5) is 29.2. The maximum Gasteiger partial charge on any atom is 0.338 e. The number of benzene rings is 8. The maximum atomic E-state index is 12.4. The SMILES string of the molecule is C=C(C)C(=O)Oc1ccc(N(c2ccc(-c3ccc(C)cc3)cc2)c2ccc(C3(c4ccc(N(c5ccc(OC(=O)C(=C)C)cc5)c5ccc(-c6ccc(C)cc6)cc5)cc4)CCCCC3)cc2)cc1. The Hall–Kier alpha value is -8.22. The molecule has 0 aliphatic heterocycles. The number of esters is 2. The van der Waals surface area contributed by atoms with Gasteiger partial charge in [-0.15, -0.1) is 0 Å². The third-order valence-corrected chi connectivity index (χ3v) is 13.4. The van der Waals surface area contributed by atoms with E-state index in [-0.39, 0.29) is 5.41 Å². The number of carbonyl (C=O) groups is 2. The van der Waals surface area contributed by atoms with Gasteiger partial charge in [-0.25, -0.2) is 9.59 Å². The van der Waals surface area contributed by atoms with Gasteiger partial charge in [-0.05, 0) is 171 Å². The van der Waals surface area contributed by atoms with Crippen molar-refractivity contribution in [1.29, 1.82) is 0 Å². The van der Waals surface area contributed by atoms with Gasteiger partial charge in [0.25, 0.3) is 0 Å². The molecule has 1 aliphatic rings. The first-order chi connectivity index (χ1) is 33.9. The van der Waals surface area contributed by atoms with Crippen LogP contribution in [0.5, 0.6) is 11.5 Å². The Morgan fingerprint density at radius 3 is 0.929 bits per heavy atom. The zero-order valence-corrected chi connectivity index (χ0v) is 40.5. The molecule has 8 aromatic carbocycles. The molecule has 1 aliphatic carbocycles. The van der Waals surface area contributed by atoms with Gasteiger partial charge in [0.05, 0.1) is 0 Å². The highest BCUT2D eigenvalue weighted by Gasteiger charge is 2.36. The Bertz CT molecular complexity index is 2900. The quantitative estimate of drug-likeness (QED) is 0.0615. The summed E-state index contributed by atoms with van der Waals surface area (Å²) in [5, 5.41) is 0. The molecule has 0 aromatic heterocycles. The fourth-order valence-electron chi connectivity index (χ4n) is 9.47. The van der Waals surface area contributed by atoms with Crippen molar-refractivity contribution in [3.05, 3.63) is 241 Å². The first kappa shape index (κ1) is 46.9. The molecule has 0 unspecified atom stereocenters. The van der Waals surface area contributed by atoms with Crippen molar-refractivity contribution in [2.24, 2.45) is 0 Å². The van der Waals surface area contributed by atoms with Gasteiger partial charge in [0, 0.05) is 50.7 Å². The predicted molar refractivity (Wildman–Crippen MR) is 287 cm³/mol. The van der Waals surface area contributed by atoms with Crippen LogP contribution in [-0.4, -0.2) is 11.9 Å². The molecule has 0 radical (unpaired) electrons. The Kier molecular flexibility index (Phi) is 13.8. The normalized spacial score (nSPS) is 12.9. The van der Waals surface area contributed by atoms with Crippen molar-refractivity contribution in [3.63, 3.8) is 0 Å². The van der Waals surface area contributed by atoms with Gasteiger partial charge in [0.1, 0.15) is 11.5 Å². The number of ether oxygens (including phenoxy) is 2. The standard InChI is InChI=1S/C64H58N2O4/c1-44(2)62(67)69-60-38-34-58(35-39-60)65(54-26-18-50(19-27-54)48-14-10-46(5)11-15-48)56-30-22-52(23-31-56)64(42-8-7-9-43-64)53-24-32-57(33-25-53)66(59-36-40-61(41-37-59)70-63(68)45(3)4)55-28-20-51(21-29-55)49-16-12-47(6)13-17-49/h10-41H,1,3,7-9,42-43H2,2,4-6H3. The minimum Gasteiger partial charge on any atom is -0.423 e.